The number of aliphatic hydroxyl groups is 1. The number of rotatable bonds is 2. The summed E-state index contributed by atoms with van der Waals surface area (Å²) in [5, 5.41) is 22.3. The van der Waals surface area contributed by atoms with Crippen molar-refractivity contribution in [3.63, 3.8) is 0 Å². The summed E-state index contributed by atoms with van der Waals surface area (Å²) in [5.74, 6) is 0.540. The number of ketones is 1. The van der Waals surface area contributed by atoms with Gasteiger partial charge in [0, 0.05) is 17.7 Å². The lowest BCUT2D eigenvalue weighted by molar-refractivity contribution is -0.0804. The fraction of sp³-hybridized carbons (Fsp3) is 0.348. The fourth-order valence-corrected chi connectivity index (χ4v) is 4.28. The van der Waals surface area contributed by atoms with Crippen LogP contribution >= 0.6 is 0 Å². The number of methoxy groups -OCH3 is 2. The monoisotopic (exact) mass is 426 g/mol. The molecule has 0 aliphatic carbocycles. The molecule has 8 nitrogen and oxygen atoms in total. The van der Waals surface area contributed by atoms with E-state index in [1.165, 1.54) is 26.4 Å². The molecule has 0 radical (unpaired) electrons. The van der Waals surface area contributed by atoms with E-state index in [-0.39, 0.29) is 35.0 Å². The number of hydrogen-bond donors (Lipinski definition) is 2. The molecule has 2 N–H and O–H groups in total. The van der Waals surface area contributed by atoms with E-state index in [2.05, 4.69) is 0 Å². The van der Waals surface area contributed by atoms with Crippen molar-refractivity contribution in [2.45, 2.75) is 31.2 Å². The van der Waals surface area contributed by atoms with Crippen molar-refractivity contribution in [2.24, 2.45) is 0 Å². The standard InChI is InChI=1S/C23H22O8/c1-22(2)6-5-11-14(31-22)8-13(24)19-20(11)30-18-10-29-15-9-17(28-4)16(27-3)7-12(15)23(18,26)21(19)25/h5-9,18,24,26H,10H2,1-4H3/t18-,23+/m1/s1. The first kappa shape index (κ1) is 19.6. The van der Waals surface area contributed by atoms with Crippen LogP contribution in [0.15, 0.2) is 24.3 Å². The second-order valence-corrected chi connectivity index (χ2v) is 8.27. The van der Waals surface area contributed by atoms with Gasteiger partial charge in [-0.25, -0.2) is 0 Å². The summed E-state index contributed by atoms with van der Waals surface area (Å²) in [6.07, 6.45) is 2.60. The van der Waals surface area contributed by atoms with E-state index in [1.54, 1.807) is 12.1 Å². The van der Waals surface area contributed by atoms with Gasteiger partial charge in [-0.05, 0) is 32.1 Å². The van der Waals surface area contributed by atoms with Crippen LogP contribution < -0.4 is 23.7 Å². The Bertz CT molecular complexity index is 1150. The first-order valence-electron chi connectivity index (χ1n) is 9.81. The SMILES string of the molecule is COc1cc2c(cc1OC)[C@@]1(O)C(=O)c3c(O)cc4c(c3O[C@@H]1CO2)C=CC(C)(C)O4. The van der Waals surface area contributed by atoms with E-state index >= 15 is 0 Å². The summed E-state index contributed by atoms with van der Waals surface area (Å²) in [5.41, 5.74) is -2.05. The van der Waals surface area contributed by atoms with Crippen LogP contribution in [0.1, 0.15) is 35.3 Å². The van der Waals surface area contributed by atoms with Gasteiger partial charge in [0.25, 0.3) is 0 Å². The minimum atomic E-state index is -2.08. The zero-order chi connectivity index (χ0) is 22.1. The molecule has 3 heterocycles. The Hall–Kier alpha value is -3.39. The summed E-state index contributed by atoms with van der Waals surface area (Å²) in [7, 11) is 2.93. The number of phenols is 1. The summed E-state index contributed by atoms with van der Waals surface area (Å²) < 4.78 is 28.4. The number of Topliss-reactive ketones (excluding diaryl/α,β-unsaturated/α-hetero) is 1. The maximum absolute atomic E-state index is 13.6. The van der Waals surface area contributed by atoms with E-state index in [9.17, 15) is 15.0 Å². The number of fused-ring (bicyclic) bond motifs is 6. The van der Waals surface area contributed by atoms with Crippen LogP contribution in [0.4, 0.5) is 0 Å². The molecule has 8 heteroatoms. The Kier molecular flexibility index (Phi) is 3.98. The molecule has 0 aromatic heterocycles. The topological polar surface area (TPSA) is 104 Å². The van der Waals surface area contributed by atoms with Crippen LogP contribution in [0.25, 0.3) is 6.08 Å². The molecule has 0 bridgehead atoms. The minimum Gasteiger partial charge on any atom is -0.507 e. The molecule has 2 aromatic carbocycles. The van der Waals surface area contributed by atoms with Gasteiger partial charge >= 0.3 is 0 Å². The maximum atomic E-state index is 13.6. The zero-order valence-electron chi connectivity index (χ0n) is 17.5. The molecule has 0 spiro atoms. The first-order valence-corrected chi connectivity index (χ1v) is 9.81. The molecule has 2 atom stereocenters. The van der Waals surface area contributed by atoms with Crippen LogP contribution in [0.2, 0.25) is 0 Å². The molecule has 0 saturated heterocycles. The van der Waals surface area contributed by atoms with Crippen LogP contribution in [-0.2, 0) is 5.60 Å². The quantitative estimate of drug-likeness (QED) is 0.756. The highest BCUT2D eigenvalue weighted by molar-refractivity contribution is 6.10. The van der Waals surface area contributed by atoms with Gasteiger partial charge in [0.15, 0.2) is 23.2 Å². The Morgan fingerprint density at radius 1 is 1.10 bits per heavy atom. The van der Waals surface area contributed by atoms with Crippen LogP contribution in [-0.4, -0.2) is 48.5 Å². The van der Waals surface area contributed by atoms with Gasteiger partial charge in [-0.15, -0.1) is 0 Å². The van der Waals surface area contributed by atoms with E-state index < -0.39 is 23.1 Å². The van der Waals surface area contributed by atoms with Gasteiger partial charge < -0.3 is 33.9 Å². The third kappa shape index (κ3) is 2.61. The number of hydrogen-bond acceptors (Lipinski definition) is 8. The molecule has 0 amide bonds. The van der Waals surface area contributed by atoms with Gasteiger partial charge in [-0.3, -0.25) is 4.79 Å². The minimum absolute atomic E-state index is 0.0787. The van der Waals surface area contributed by atoms with Gasteiger partial charge in [-0.1, -0.05) is 0 Å². The van der Waals surface area contributed by atoms with Crippen molar-refractivity contribution in [2.75, 3.05) is 20.8 Å². The largest absolute Gasteiger partial charge is 0.507 e. The van der Waals surface area contributed by atoms with Gasteiger partial charge in [0.1, 0.15) is 40.8 Å². The average molecular weight is 426 g/mol. The summed E-state index contributed by atoms with van der Waals surface area (Å²) in [6, 6.07) is 4.42. The van der Waals surface area contributed by atoms with Crippen molar-refractivity contribution in [1.82, 2.24) is 0 Å². The number of aromatic hydroxyl groups is 1. The second-order valence-electron chi connectivity index (χ2n) is 8.27. The van der Waals surface area contributed by atoms with E-state index in [0.717, 1.165) is 0 Å². The number of benzene rings is 2. The zero-order valence-corrected chi connectivity index (χ0v) is 17.5. The smallest absolute Gasteiger partial charge is 0.210 e. The molecule has 0 fully saturated rings. The molecule has 5 rings (SSSR count). The van der Waals surface area contributed by atoms with Gasteiger partial charge in [0.05, 0.1) is 19.8 Å². The van der Waals surface area contributed by atoms with Gasteiger partial charge in [-0.2, -0.15) is 0 Å². The molecule has 31 heavy (non-hydrogen) atoms. The molecular weight excluding hydrogens is 404 g/mol. The molecule has 3 aliphatic heterocycles. The van der Waals surface area contributed by atoms with Crippen LogP contribution in [0, 0.1) is 0 Å². The highest BCUT2D eigenvalue weighted by atomic mass is 16.6. The van der Waals surface area contributed by atoms with Crippen molar-refractivity contribution in [1.29, 1.82) is 0 Å². The normalized spacial score (nSPS) is 24.4. The van der Waals surface area contributed by atoms with Crippen molar-refractivity contribution in [3.8, 4) is 34.5 Å². The van der Waals surface area contributed by atoms with Crippen LogP contribution in [0.3, 0.4) is 0 Å². The Labute approximate surface area is 178 Å². The second kappa shape index (κ2) is 6.31. The third-order valence-corrected chi connectivity index (χ3v) is 5.87. The Balaban J connectivity index is 1.70. The molecule has 3 aliphatic rings. The predicted octanol–water partition coefficient (Wildman–Crippen LogP) is 2.82. The molecule has 162 valence electrons. The first-order chi connectivity index (χ1) is 14.7. The predicted molar refractivity (Wildman–Crippen MR) is 110 cm³/mol. The Morgan fingerprint density at radius 3 is 2.52 bits per heavy atom. The molecule has 0 unspecified atom stereocenters. The van der Waals surface area contributed by atoms with Crippen LogP contribution in [0.5, 0.6) is 34.5 Å². The Morgan fingerprint density at radius 2 is 1.81 bits per heavy atom. The van der Waals surface area contributed by atoms with Gasteiger partial charge in [0.2, 0.25) is 5.78 Å². The molecule has 0 saturated carbocycles. The number of carbonyl (C=O) groups excluding carboxylic acids is 1. The van der Waals surface area contributed by atoms with E-state index in [0.29, 0.717) is 22.8 Å². The van der Waals surface area contributed by atoms with Crippen molar-refractivity contribution in [3.05, 3.63) is 41.0 Å². The lowest BCUT2D eigenvalue weighted by Crippen LogP contribution is -2.57. The maximum Gasteiger partial charge on any atom is 0.210 e. The number of phenolic OH excluding ortho intramolecular Hbond substituents is 1. The van der Waals surface area contributed by atoms with E-state index in [4.69, 9.17) is 23.7 Å². The number of carbonyl (C=O) groups is 1. The third-order valence-electron chi connectivity index (χ3n) is 5.87. The summed E-state index contributed by atoms with van der Waals surface area (Å²) >= 11 is 0. The molecular formula is C23H22O8. The molecule has 2 aromatic rings. The lowest BCUT2D eigenvalue weighted by Gasteiger charge is -2.44. The summed E-state index contributed by atoms with van der Waals surface area (Å²) in [4.78, 5) is 13.6. The number of ether oxygens (including phenoxy) is 5. The van der Waals surface area contributed by atoms with E-state index in [1.807, 2.05) is 19.9 Å². The average Bonchev–Trinajstić information content (AvgIpc) is 2.73. The highest BCUT2D eigenvalue weighted by Gasteiger charge is 2.57. The fourth-order valence-electron chi connectivity index (χ4n) is 4.28. The lowest BCUT2D eigenvalue weighted by atomic mass is 9.76. The summed E-state index contributed by atoms with van der Waals surface area (Å²) in [6.45, 7) is 3.67. The van der Waals surface area contributed by atoms with Crippen molar-refractivity contribution < 1.29 is 38.7 Å². The highest BCUT2D eigenvalue weighted by Crippen LogP contribution is 2.53. The van der Waals surface area contributed by atoms with Crippen molar-refractivity contribution >= 4 is 11.9 Å².